The molecule has 29 heavy (non-hydrogen) atoms. The fourth-order valence-electron chi connectivity index (χ4n) is 3.63. The zero-order chi connectivity index (χ0) is 20.1. The molecule has 0 saturated carbocycles. The number of hydrogen-bond donors (Lipinski definition) is 2. The third-order valence-electron chi connectivity index (χ3n) is 5.17. The van der Waals surface area contributed by atoms with Crippen molar-refractivity contribution in [1.82, 2.24) is 10.3 Å². The van der Waals surface area contributed by atoms with Gasteiger partial charge in [0.25, 0.3) is 5.91 Å². The van der Waals surface area contributed by atoms with E-state index < -0.39 is 0 Å². The summed E-state index contributed by atoms with van der Waals surface area (Å²) in [5, 5.41) is 6.26. The third-order valence-corrected chi connectivity index (χ3v) is 5.17. The quantitative estimate of drug-likeness (QED) is 0.647. The summed E-state index contributed by atoms with van der Waals surface area (Å²) < 4.78 is 0. The molecule has 2 N–H and O–H groups in total. The number of nitrogens with one attached hydrogen (secondary N) is 2. The number of hydrogen-bond acceptors (Lipinski definition) is 4. The van der Waals surface area contributed by atoms with E-state index in [1.54, 1.807) is 18.3 Å². The molecule has 1 aliphatic rings. The van der Waals surface area contributed by atoms with Gasteiger partial charge in [0.15, 0.2) is 0 Å². The molecule has 3 aromatic rings. The predicted molar refractivity (Wildman–Crippen MR) is 118 cm³/mol. The maximum Gasteiger partial charge on any atom is 0.251 e. The van der Waals surface area contributed by atoms with Gasteiger partial charge in [-0.15, -0.1) is 0 Å². The molecule has 0 atom stereocenters. The zero-order valence-corrected chi connectivity index (χ0v) is 16.7. The van der Waals surface area contributed by atoms with Gasteiger partial charge in [-0.05, 0) is 61.7 Å². The highest BCUT2D eigenvalue weighted by Crippen LogP contribution is 2.23. The summed E-state index contributed by atoms with van der Waals surface area (Å²) in [6, 6.07) is 20.0. The number of amides is 1. The third kappa shape index (κ3) is 4.93. The molecule has 1 saturated heterocycles. The van der Waals surface area contributed by atoms with Gasteiger partial charge < -0.3 is 15.5 Å². The second-order valence-corrected chi connectivity index (χ2v) is 7.47. The van der Waals surface area contributed by atoms with Crippen LogP contribution in [0.3, 0.4) is 0 Å². The minimum absolute atomic E-state index is 0.110. The Labute approximate surface area is 171 Å². The summed E-state index contributed by atoms with van der Waals surface area (Å²) in [7, 11) is 0. The molecule has 4 rings (SSSR count). The molecule has 1 fully saturated rings. The van der Waals surface area contributed by atoms with Gasteiger partial charge in [0.2, 0.25) is 0 Å². The first kappa shape index (κ1) is 19.0. The highest BCUT2D eigenvalue weighted by Gasteiger charge is 2.12. The van der Waals surface area contributed by atoms with E-state index in [-0.39, 0.29) is 5.91 Å². The van der Waals surface area contributed by atoms with Crippen molar-refractivity contribution in [2.45, 2.75) is 26.3 Å². The average Bonchev–Trinajstić information content (AvgIpc) is 3.28. The molecule has 0 unspecified atom stereocenters. The minimum Gasteiger partial charge on any atom is -0.372 e. The van der Waals surface area contributed by atoms with Crippen LogP contribution in [-0.2, 0) is 6.54 Å². The molecule has 148 valence electrons. The number of aromatic nitrogens is 1. The molecule has 0 spiro atoms. The van der Waals surface area contributed by atoms with Crippen LogP contribution in [0.4, 0.5) is 17.2 Å². The van der Waals surface area contributed by atoms with Gasteiger partial charge in [0, 0.05) is 42.8 Å². The maximum atomic E-state index is 12.5. The van der Waals surface area contributed by atoms with E-state index >= 15 is 0 Å². The molecule has 1 aromatic heterocycles. The van der Waals surface area contributed by atoms with Crippen molar-refractivity contribution in [3.05, 3.63) is 83.6 Å². The first-order valence-corrected chi connectivity index (χ1v) is 10.1. The predicted octanol–water partition coefficient (Wildman–Crippen LogP) is 4.66. The molecular formula is C24H26N4O. The van der Waals surface area contributed by atoms with Crippen molar-refractivity contribution >= 4 is 23.1 Å². The first-order chi connectivity index (χ1) is 14.2. The SMILES string of the molecule is Cc1cccc(CNC(=O)c2ccnc(Nc3ccc(N4CCCC4)cc3)c2)c1. The lowest BCUT2D eigenvalue weighted by atomic mass is 10.1. The van der Waals surface area contributed by atoms with Crippen molar-refractivity contribution < 1.29 is 4.79 Å². The molecule has 5 heteroatoms. The van der Waals surface area contributed by atoms with E-state index in [0.29, 0.717) is 17.9 Å². The normalized spacial score (nSPS) is 13.3. The van der Waals surface area contributed by atoms with Gasteiger partial charge in [-0.25, -0.2) is 4.98 Å². The summed E-state index contributed by atoms with van der Waals surface area (Å²) >= 11 is 0. The molecular weight excluding hydrogens is 360 g/mol. The second-order valence-electron chi connectivity index (χ2n) is 7.47. The Balaban J connectivity index is 1.38. The van der Waals surface area contributed by atoms with Gasteiger partial charge in [-0.2, -0.15) is 0 Å². The van der Waals surface area contributed by atoms with Crippen LogP contribution < -0.4 is 15.5 Å². The Hall–Kier alpha value is -3.34. The van der Waals surface area contributed by atoms with E-state index in [2.05, 4.69) is 50.8 Å². The monoisotopic (exact) mass is 386 g/mol. The number of carbonyl (C=O) groups excluding carboxylic acids is 1. The summed E-state index contributed by atoms with van der Waals surface area (Å²) in [5.74, 6) is 0.545. The fraction of sp³-hybridized carbons (Fsp3) is 0.250. The first-order valence-electron chi connectivity index (χ1n) is 10.1. The summed E-state index contributed by atoms with van der Waals surface area (Å²) in [6.45, 7) is 4.81. The minimum atomic E-state index is -0.110. The van der Waals surface area contributed by atoms with E-state index in [9.17, 15) is 4.79 Å². The second kappa shape index (κ2) is 8.78. The lowest BCUT2D eigenvalue weighted by Gasteiger charge is -2.18. The van der Waals surface area contributed by atoms with Crippen LogP contribution >= 0.6 is 0 Å². The Kier molecular flexibility index (Phi) is 5.75. The van der Waals surface area contributed by atoms with E-state index in [4.69, 9.17) is 0 Å². The van der Waals surface area contributed by atoms with E-state index in [0.717, 1.165) is 24.3 Å². The number of aryl methyl sites for hydroxylation is 1. The molecule has 5 nitrogen and oxygen atoms in total. The van der Waals surface area contributed by atoms with Gasteiger partial charge in [-0.3, -0.25) is 4.79 Å². The summed E-state index contributed by atoms with van der Waals surface area (Å²) in [5.41, 5.74) is 5.07. The Morgan fingerprint density at radius 3 is 2.59 bits per heavy atom. The number of carbonyl (C=O) groups is 1. The van der Waals surface area contributed by atoms with Crippen LogP contribution in [0.15, 0.2) is 66.9 Å². The number of nitrogens with zero attached hydrogens (tertiary/aromatic N) is 2. The number of anilines is 3. The number of benzene rings is 2. The molecule has 1 amide bonds. The summed E-state index contributed by atoms with van der Waals surface area (Å²) in [6.07, 6.45) is 4.19. The van der Waals surface area contributed by atoms with Crippen molar-refractivity contribution in [2.75, 3.05) is 23.3 Å². The topological polar surface area (TPSA) is 57.3 Å². The molecule has 0 radical (unpaired) electrons. The van der Waals surface area contributed by atoms with Crippen LogP contribution in [0.1, 0.15) is 34.3 Å². The van der Waals surface area contributed by atoms with Gasteiger partial charge in [0.05, 0.1) is 0 Å². The van der Waals surface area contributed by atoms with E-state index in [1.807, 2.05) is 25.1 Å². The van der Waals surface area contributed by atoms with Gasteiger partial charge >= 0.3 is 0 Å². The zero-order valence-electron chi connectivity index (χ0n) is 16.7. The lowest BCUT2D eigenvalue weighted by Crippen LogP contribution is -2.23. The largest absolute Gasteiger partial charge is 0.372 e. The van der Waals surface area contributed by atoms with Crippen LogP contribution in [0.5, 0.6) is 0 Å². The van der Waals surface area contributed by atoms with Crippen molar-refractivity contribution in [1.29, 1.82) is 0 Å². The van der Waals surface area contributed by atoms with Crippen LogP contribution in [0.2, 0.25) is 0 Å². The van der Waals surface area contributed by atoms with Gasteiger partial charge in [-0.1, -0.05) is 29.8 Å². The van der Waals surface area contributed by atoms with Gasteiger partial charge in [0.1, 0.15) is 5.82 Å². The van der Waals surface area contributed by atoms with Crippen LogP contribution in [-0.4, -0.2) is 24.0 Å². The van der Waals surface area contributed by atoms with Crippen molar-refractivity contribution in [3.63, 3.8) is 0 Å². The standard InChI is InChI=1S/C24H26N4O/c1-18-5-4-6-19(15-18)17-26-24(29)20-11-12-25-23(16-20)27-21-7-9-22(10-8-21)28-13-2-3-14-28/h4-12,15-16H,2-3,13-14,17H2,1H3,(H,25,27)(H,26,29). The molecule has 1 aliphatic heterocycles. The van der Waals surface area contributed by atoms with Crippen LogP contribution in [0.25, 0.3) is 0 Å². The average molecular weight is 386 g/mol. The lowest BCUT2D eigenvalue weighted by molar-refractivity contribution is 0.0951. The molecule has 0 bridgehead atoms. The van der Waals surface area contributed by atoms with Crippen LogP contribution in [0, 0.1) is 6.92 Å². The fourth-order valence-corrected chi connectivity index (χ4v) is 3.63. The number of pyridine rings is 1. The molecule has 0 aliphatic carbocycles. The van der Waals surface area contributed by atoms with Crippen molar-refractivity contribution in [2.24, 2.45) is 0 Å². The Morgan fingerprint density at radius 2 is 1.83 bits per heavy atom. The maximum absolute atomic E-state index is 12.5. The smallest absolute Gasteiger partial charge is 0.251 e. The molecule has 2 aromatic carbocycles. The number of rotatable bonds is 6. The Morgan fingerprint density at radius 1 is 1.03 bits per heavy atom. The summed E-state index contributed by atoms with van der Waals surface area (Å²) in [4.78, 5) is 19.3. The van der Waals surface area contributed by atoms with E-state index in [1.165, 1.54) is 24.1 Å². The highest BCUT2D eigenvalue weighted by molar-refractivity contribution is 5.94. The Bertz CT molecular complexity index is 978. The molecule has 2 heterocycles. The van der Waals surface area contributed by atoms with Crippen molar-refractivity contribution in [3.8, 4) is 0 Å². The highest BCUT2D eigenvalue weighted by atomic mass is 16.1.